The maximum atomic E-state index is 12.5. The van der Waals surface area contributed by atoms with Crippen molar-refractivity contribution in [1.29, 1.82) is 0 Å². The summed E-state index contributed by atoms with van der Waals surface area (Å²) in [5, 5.41) is 10.6. The second-order valence-corrected chi connectivity index (χ2v) is 4.73. The van der Waals surface area contributed by atoms with Crippen molar-refractivity contribution >= 4 is 17.3 Å². The number of halogens is 4. The van der Waals surface area contributed by atoms with Crippen molar-refractivity contribution in [3.63, 3.8) is 0 Å². The lowest BCUT2D eigenvalue weighted by Crippen LogP contribution is -2.07. The SMILES string of the molecule is Nc1cc(Cl)ccc1C(O)c1ccc(C(F)(F)F)cc1. The van der Waals surface area contributed by atoms with Crippen LogP contribution in [-0.2, 0) is 6.18 Å². The number of anilines is 1. The standard InChI is InChI=1S/C14H11ClF3NO/c15-10-5-6-11(12(19)7-10)13(20)8-1-3-9(4-2-8)14(16,17)18/h1-7,13,20H,19H2. The molecule has 1 unspecified atom stereocenters. The van der Waals surface area contributed by atoms with Crippen LogP contribution in [0.25, 0.3) is 0 Å². The fraction of sp³-hybridized carbons (Fsp3) is 0.143. The molecule has 2 nitrogen and oxygen atoms in total. The van der Waals surface area contributed by atoms with Gasteiger partial charge in [-0.1, -0.05) is 29.8 Å². The average Bonchev–Trinajstić information content (AvgIpc) is 2.37. The van der Waals surface area contributed by atoms with Gasteiger partial charge in [-0.25, -0.2) is 0 Å². The second kappa shape index (κ2) is 5.34. The summed E-state index contributed by atoms with van der Waals surface area (Å²) in [7, 11) is 0. The van der Waals surface area contributed by atoms with Crippen molar-refractivity contribution in [2.45, 2.75) is 12.3 Å². The number of aliphatic hydroxyl groups excluding tert-OH is 1. The third-order valence-electron chi connectivity index (χ3n) is 2.90. The molecule has 1 atom stereocenters. The third-order valence-corrected chi connectivity index (χ3v) is 3.13. The van der Waals surface area contributed by atoms with Crippen LogP contribution in [0, 0.1) is 0 Å². The average molecular weight is 302 g/mol. The molecule has 0 aliphatic heterocycles. The van der Waals surface area contributed by atoms with Gasteiger partial charge in [-0.3, -0.25) is 0 Å². The zero-order valence-corrected chi connectivity index (χ0v) is 10.9. The van der Waals surface area contributed by atoms with Crippen molar-refractivity contribution in [3.05, 3.63) is 64.2 Å². The van der Waals surface area contributed by atoms with Crippen molar-refractivity contribution in [3.8, 4) is 0 Å². The highest BCUT2D eigenvalue weighted by Crippen LogP contribution is 2.32. The molecular weight excluding hydrogens is 291 g/mol. The van der Waals surface area contributed by atoms with E-state index in [9.17, 15) is 18.3 Å². The molecule has 0 fully saturated rings. The molecule has 2 rings (SSSR count). The van der Waals surface area contributed by atoms with Crippen LogP contribution in [0.4, 0.5) is 18.9 Å². The predicted molar refractivity (Wildman–Crippen MR) is 71.4 cm³/mol. The van der Waals surface area contributed by atoms with Gasteiger partial charge in [0.1, 0.15) is 6.10 Å². The highest BCUT2D eigenvalue weighted by atomic mass is 35.5. The summed E-state index contributed by atoms with van der Waals surface area (Å²) in [5.41, 5.74) is 5.97. The number of alkyl halides is 3. The van der Waals surface area contributed by atoms with Gasteiger partial charge in [0.2, 0.25) is 0 Å². The van der Waals surface area contributed by atoms with E-state index in [1.165, 1.54) is 18.2 Å². The summed E-state index contributed by atoms with van der Waals surface area (Å²) in [5.74, 6) is 0. The molecule has 0 saturated carbocycles. The van der Waals surface area contributed by atoms with E-state index < -0.39 is 17.8 Å². The molecule has 6 heteroatoms. The third kappa shape index (κ3) is 3.05. The minimum absolute atomic E-state index is 0.282. The first kappa shape index (κ1) is 14.7. The molecule has 0 saturated heterocycles. The van der Waals surface area contributed by atoms with Crippen LogP contribution in [0.2, 0.25) is 5.02 Å². The number of hydrogen-bond acceptors (Lipinski definition) is 2. The Kier molecular flexibility index (Phi) is 3.92. The van der Waals surface area contributed by atoms with Crippen LogP contribution >= 0.6 is 11.6 Å². The summed E-state index contributed by atoms with van der Waals surface area (Å²) in [4.78, 5) is 0. The molecule has 2 aromatic rings. The van der Waals surface area contributed by atoms with Crippen LogP contribution in [0.3, 0.4) is 0 Å². The number of rotatable bonds is 2. The zero-order valence-electron chi connectivity index (χ0n) is 10.2. The minimum Gasteiger partial charge on any atom is -0.398 e. The highest BCUT2D eigenvalue weighted by Gasteiger charge is 2.30. The molecule has 3 N–H and O–H groups in total. The van der Waals surface area contributed by atoms with E-state index in [0.29, 0.717) is 16.1 Å². The predicted octanol–water partition coefficient (Wildman–Crippen LogP) is 4.02. The molecule has 0 radical (unpaired) electrons. The second-order valence-electron chi connectivity index (χ2n) is 4.30. The largest absolute Gasteiger partial charge is 0.416 e. The smallest absolute Gasteiger partial charge is 0.398 e. The Morgan fingerprint density at radius 1 is 1.05 bits per heavy atom. The first-order chi connectivity index (χ1) is 9.29. The normalized spacial score (nSPS) is 13.2. The molecule has 0 heterocycles. The number of nitrogen functional groups attached to an aromatic ring is 1. The lowest BCUT2D eigenvalue weighted by Gasteiger charge is -2.15. The molecule has 2 aromatic carbocycles. The van der Waals surface area contributed by atoms with Crippen LogP contribution in [0.1, 0.15) is 22.8 Å². The van der Waals surface area contributed by atoms with Crippen molar-refractivity contribution in [1.82, 2.24) is 0 Å². The fourth-order valence-corrected chi connectivity index (χ4v) is 2.01. The van der Waals surface area contributed by atoms with Gasteiger partial charge in [-0.2, -0.15) is 13.2 Å². The molecule has 0 spiro atoms. The van der Waals surface area contributed by atoms with Gasteiger partial charge >= 0.3 is 6.18 Å². The summed E-state index contributed by atoms with van der Waals surface area (Å²) in [6.07, 6.45) is -5.50. The Morgan fingerprint density at radius 3 is 2.15 bits per heavy atom. The van der Waals surface area contributed by atoms with Gasteiger partial charge in [0.05, 0.1) is 5.56 Å². The summed E-state index contributed by atoms with van der Waals surface area (Å²) >= 11 is 5.75. The molecular formula is C14H11ClF3NO. The first-order valence-electron chi connectivity index (χ1n) is 5.69. The molecule has 106 valence electrons. The van der Waals surface area contributed by atoms with Crippen LogP contribution in [0.15, 0.2) is 42.5 Å². The van der Waals surface area contributed by atoms with Crippen LogP contribution < -0.4 is 5.73 Å². The maximum Gasteiger partial charge on any atom is 0.416 e. The van der Waals surface area contributed by atoms with Gasteiger partial charge in [-0.05, 0) is 29.8 Å². The summed E-state index contributed by atoms with van der Waals surface area (Å²) in [6, 6.07) is 8.86. The van der Waals surface area contributed by atoms with Crippen molar-refractivity contribution < 1.29 is 18.3 Å². The molecule has 0 aliphatic rings. The minimum atomic E-state index is -4.40. The fourth-order valence-electron chi connectivity index (χ4n) is 1.83. The monoisotopic (exact) mass is 301 g/mol. The Balaban J connectivity index is 2.31. The number of nitrogens with two attached hydrogens (primary N) is 1. The Labute approximate surface area is 118 Å². The zero-order chi connectivity index (χ0) is 14.9. The number of aliphatic hydroxyl groups is 1. The lowest BCUT2D eigenvalue weighted by atomic mass is 9.99. The van der Waals surface area contributed by atoms with Crippen molar-refractivity contribution in [2.24, 2.45) is 0 Å². The van der Waals surface area contributed by atoms with E-state index in [1.54, 1.807) is 12.1 Å². The van der Waals surface area contributed by atoms with E-state index >= 15 is 0 Å². The summed E-state index contributed by atoms with van der Waals surface area (Å²) < 4.78 is 37.4. The highest BCUT2D eigenvalue weighted by molar-refractivity contribution is 6.30. The van der Waals surface area contributed by atoms with Crippen LogP contribution in [0.5, 0.6) is 0 Å². The lowest BCUT2D eigenvalue weighted by molar-refractivity contribution is -0.137. The first-order valence-corrected chi connectivity index (χ1v) is 6.07. The van der Waals surface area contributed by atoms with E-state index in [-0.39, 0.29) is 5.69 Å². The Morgan fingerprint density at radius 2 is 1.65 bits per heavy atom. The molecule has 0 aliphatic carbocycles. The number of hydrogen-bond donors (Lipinski definition) is 2. The molecule has 20 heavy (non-hydrogen) atoms. The van der Waals surface area contributed by atoms with E-state index in [4.69, 9.17) is 17.3 Å². The van der Waals surface area contributed by atoms with Gasteiger partial charge in [0, 0.05) is 16.3 Å². The number of benzene rings is 2. The van der Waals surface area contributed by atoms with E-state index in [0.717, 1.165) is 12.1 Å². The molecule has 0 bridgehead atoms. The van der Waals surface area contributed by atoms with E-state index in [1.807, 2.05) is 0 Å². The Hall–Kier alpha value is -1.72. The van der Waals surface area contributed by atoms with Gasteiger partial charge in [0.25, 0.3) is 0 Å². The summed E-state index contributed by atoms with van der Waals surface area (Å²) in [6.45, 7) is 0. The quantitative estimate of drug-likeness (QED) is 0.823. The molecule has 0 amide bonds. The molecule has 0 aromatic heterocycles. The maximum absolute atomic E-state index is 12.5. The van der Waals surface area contributed by atoms with E-state index in [2.05, 4.69) is 0 Å². The van der Waals surface area contributed by atoms with Gasteiger partial charge in [-0.15, -0.1) is 0 Å². The van der Waals surface area contributed by atoms with Crippen LogP contribution in [-0.4, -0.2) is 5.11 Å². The van der Waals surface area contributed by atoms with Crippen molar-refractivity contribution in [2.75, 3.05) is 5.73 Å². The Bertz CT molecular complexity index is 611. The van der Waals surface area contributed by atoms with Gasteiger partial charge in [0.15, 0.2) is 0 Å². The van der Waals surface area contributed by atoms with Gasteiger partial charge < -0.3 is 10.8 Å². The topological polar surface area (TPSA) is 46.2 Å².